The molecule has 0 spiro atoms. The predicted molar refractivity (Wildman–Crippen MR) is 63.0 cm³/mol. The quantitative estimate of drug-likeness (QED) is 0.562. The molecule has 0 unspecified atom stereocenters. The molecular weight excluding hydrogens is 273 g/mol. The Morgan fingerprint density at radius 2 is 1.69 bits per heavy atom. The predicted octanol–water partition coefficient (Wildman–Crippen LogP) is 1.15. The number of nitrogens with zero attached hydrogens (tertiary/aromatic N) is 1. The highest BCUT2D eigenvalue weighted by atomic mass is 32.1. The Labute approximate surface area is 106 Å². The molecule has 16 heavy (non-hydrogen) atoms. The van der Waals surface area contributed by atoms with Gasteiger partial charge in [0.1, 0.15) is 11.4 Å². The van der Waals surface area contributed by atoms with Gasteiger partial charge in [-0.2, -0.15) is 0 Å². The van der Waals surface area contributed by atoms with Crippen molar-refractivity contribution in [2.45, 2.75) is 0 Å². The second-order valence-corrected chi connectivity index (χ2v) is 3.85. The molecule has 0 aliphatic rings. The maximum absolute atomic E-state index is 13.3. The zero-order chi connectivity index (χ0) is 12.5. The number of carbonyl (C=O) groups is 3. The second kappa shape index (κ2) is 4.98. The number of aromatic nitrogens is 1. The van der Waals surface area contributed by atoms with E-state index in [4.69, 9.17) is 0 Å². The number of pyridine rings is 1. The molecule has 0 radical (unpaired) electrons. The molecule has 1 aromatic heterocycles. The Balaban J connectivity index is 3.70. The molecule has 0 atom stereocenters. The summed E-state index contributed by atoms with van der Waals surface area (Å²) in [7, 11) is 0. The van der Waals surface area contributed by atoms with Crippen molar-refractivity contribution >= 4 is 53.4 Å². The maximum Gasteiger partial charge on any atom is 0.451 e. The molecular formula is C8H5FNO3S3+. The summed E-state index contributed by atoms with van der Waals surface area (Å²) in [6.07, 6.45) is 0.980. The third kappa shape index (κ3) is 2.45. The monoisotopic (exact) mass is 278 g/mol. The van der Waals surface area contributed by atoms with E-state index in [1.54, 1.807) is 0 Å². The molecule has 0 saturated heterocycles. The van der Waals surface area contributed by atoms with Crippen LogP contribution in [0.2, 0.25) is 0 Å². The molecule has 1 heterocycles. The lowest BCUT2D eigenvalue weighted by Crippen LogP contribution is -2.45. The fourth-order valence-electron chi connectivity index (χ4n) is 1.10. The van der Waals surface area contributed by atoms with Gasteiger partial charge in [0, 0.05) is 6.07 Å². The third-order valence-corrected chi connectivity index (χ3v) is 2.36. The topological polar surface area (TPSA) is 55.1 Å². The minimum Gasteiger partial charge on any atom is -0.281 e. The van der Waals surface area contributed by atoms with E-state index in [1.165, 1.54) is 0 Å². The van der Waals surface area contributed by atoms with Crippen LogP contribution in [-0.4, -0.2) is 15.5 Å². The largest absolute Gasteiger partial charge is 0.451 e. The van der Waals surface area contributed by atoms with Crippen molar-refractivity contribution < 1.29 is 23.3 Å². The van der Waals surface area contributed by atoms with Crippen LogP contribution in [0.25, 0.3) is 0 Å². The number of carbonyl (C=O) groups excluding carboxylic acids is 3. The fraction of sp³-hybridized carbons (Fsp3) is 0. The first kappa shape index (κ1) is 13.2. The zero-order valence-electron chi connectivity index (χ0n) is 7.55. The van der Waals surface area contributed by atoms with Crippen LogP contribution >= 0.6 is 37.9 Å². The van der Waals surface area contributed by atoms with Gasteiger partial charge in [0.2, 0.25) is 5.12 Å². The zero-order valence-corrected chi connectivity index (χ0v) is 10.2. The Bertz CT molecular complexity index is 504. The van der Waals surface area contributed by atoms with Gasteiger partial charge in [-0.1, -0.05) is 25.3 Å². The molecule has 0 aromatic carbocycles. The number of rotatable bonds is 2. The standard InChI is InChI=1S/C8H4FNO3S3/c9-3-1-2-10(8(13)16)5(7(12)15)4(3)6(11)14/h1-2H,(H2-,11,12,13,14,15,16)/p+1. The Kier molecular flexibility index (Phi) is 4.11. The highest BCUT2D eigenvalue weighted by Gasteiger charge is 2.31. The highest BCUT2D eigenvalue weighted by Crippen LogP contribution is 2.14. The van der Waals surface area contributed by atoms with E-state index in [1.807, 2.05) is 0 Å². The van der Waals surface area contributed by atoms with E-state index in [0.29, 0.717) is 4.57 Å². The van der Waals surface area contributed by atoms with Gasteiger partial charge in [0.05, 0.1) is 0 Å². The lowest BCUT2D eigenvalue weighted by Gasteiger charge is -2.01. The molecule has 0 aliphatic carbocycles. The molecule has 84 valence electrons. The molecule has 4 nitrogen and oxygen atoms in total. The van der Waals surface area contributed by atoms with E-state index < -0.39 is 32.5 Å². The van der Waals surface area contributed by atoms with E-state index in [-0.39, 0.29) is 0 Å². The van der Waals surface area contributed by atoms with Crippen molar-refractivity contribution in [2.75, 3.05) is 0 Å². The average molecular weight is 278 g/mol. The minimum absolute atomic E-state index is 0.497. The SMILES string of the molecule is O=C(S)c1c(F)cc[n+](C(=O)S)c1C(=O)S. The van der Waals surface area contributed by atoms with Gasteiger partial charge in [-0.15, -0.1) is 4.57 Å². The molecule has 0 fully saturated rings. The summed E-state index contributed by atoms with van der Waals surface area (Å²) < 4.78 is 14.0. The first-order valence-corrected chi connectivity index (χ1v) is 5.14. The van der Waals surface area contributed by atoms with Crippen LogP contribution in [0.3, 0.4) is 0 Å². The van der Waals surface area contributed by atoms with Gasteiger partial charge in [-0.05, 0) is 12.6 Å². The minimum atomic E-state index is -0.973. The molecule has 0 N–H and O–H groups in total. The first-order valence-electron chi connectivity index (χ1n) is 3.80. The van der Waals surface area contributed by atoms with Crippen LogP contribution in [-0.2, 0) is 0 Å². The Morgan fingerprint density at radius 3 is 2.06 bits per heavy atom. The summed E-state index contributed by atoms with van der Waals surface area (Å²) in [5.74, 6) is -0.955. The maximum atomic E-state index is 13.3. The molecule has 8 heteroatoms. The number of hydrogen-bond acceptors (Lipinski definition) is 3. The average Bonchev–Trinajstić information content (AvgIpc) is 2.15. The summed E-state index contributed by atoms with van der Waals surface area (Å²) >= 11 is 10.4. The molecule has 1 aromatic rings. The number of halogens is 1. The molecule has 0 bridgehead atoms. The van der Waals surface area contributed by atoms with Crippen molar-refractivity contribution in [1.29, 1.82) is 0 Å². The van der Waals surface area contributed by atoms with E-state index >= 15 is 0 Å². The van der Waals surface area contributed by atoms with Crippen LogP contribution in [0.15, 0.2) is 12.3 Å². The van der Waals surface area contributed by atoms with E-state index in [0.717, 1.165) is 12.3 Å². The smallest absolute Gasteiger partial charge is 0.281 e. The third-order valence-electron chi connectivity index (χ3n) is 1.71. The Hall–Kier alpha value is -0.860. The summed E-state index contributed by atoms with van der Waals surface area (Å²) in [5.41, 5.74) is -1.10. The van der Waals surface area contributed by atoms with E-state index in [9.17, 15) is 18.8 Å². The second-order valence-electron chi connectivity index (χ2n) is 2.65. The Morgan fingerprint density at radius 1 is 1.12 bits per heavy atom. The van der Waals surface area contributed by atoms with Gasteiger partial charge in [-0.3, -0.25) is 9.59 Å². The van der Waals surface area contributed by atoms with Gasteiger partial charge in [0.15, 0.2) is 6.20 Å². The highest BCUT2D eigenvalue weighted by molar-refractivity contribution is 7.98. The van der Waals surface area contributed by atoms with Gasteiger partial charge >= 0.3 is 5.24 Å². The molecule has 0 saturated carbocycles. The van der Waals surface area contributed by atoms with Crippen LogP contribution in [0.4, 0.5) is 9.18 Å². The summed E-state index contributed by atoms with van der Waals surface area (Å²) in [6, 6.07) is 0.859. The van der Waals surface area contributed by atoms with Crippen LogP contribution < -0.4 is 4.57 Å². The van der Waals surface area contributed by atoms with Crippen LogP contribution in [0.5, 0.6) is 0 Å². The summed E-state index contributed by atoms with van der Waals surface area (Å²) in [5, 5.41) is -2.74. The number of hydrogen-bond donors (Lipinski definition) is 3. The van der Waals surface area contributed by atoms with Crippen LogP contribution in [0.1, 0.15) is 20.8 Å². The summed E-state index contributed by atoms with van der Waals surface area (Å²) in [6.45, 7) is 0. The van der Waals surface area contributed by atoms with Crippen molar-refractivity contribution in [2.24, 2.45) is 0 Å². The lowest BCUT2D eigenvalue weighted by atomic mass is 10.2. The van der Waals surface area contributed by atoms with Crippen molar-refractivity contribution in [3.8, 4) is 0 Å². The number of thiol groups is 3. The van der Waals surface area contributed by atoms with Crippen molar-refractivity contribution in [3.05, 3.63) is 29.3 Å². The van der Waals surface area contributed by atoms with Crippen molar-refractivity contribution in [1.82, 2.24) is 0 Å². The first-order chi connectivity index (χ1) is 7.36. The molecule has 1 rings (SSSR count). The van der Waals surface area contributed by atoms with Gasteiger partial charge in [0.25, 0.3) is 10.8 Å². The van der Waals surface area contributed by atoms with Gasteiger partial charge in [-0.25, -0.2) is 9.18 Å². The van der Waals surface area contributed by atoms with Gasteiger partial charge < -0.3 is 0 Å². The molecule has 0 aliphatic heterocycles. The summed E-state index contributed by atoms with van der Waals surface area (Å²) in [4.78, 5) is 33.2. The van der Waals surface area contributed by atoms with Crippen LogP contribution in [0, 0.1) is 5.82 Å². The van der Waals surface area contributed by atoms with Crippen molar-refractivity contribution in [3.63, 3.8) is 0 Å². The normalized spacial score (nSPS) is 10.0. The fourth-order valence-corrected chi connectivity index (χ4v) is 1.70. The van der Waals surface area contributed by atoms with E-state index in [2.05, 4.69) is 37.9 Å². The molecule has 0 amide bonds. The lowest BCUT2D eigenvalue weighted by molar-refractivity contribution is -0.563.